The molecule has 31 heavy (non-hydrogen) atoms. The quantitative estimate of drug-likeness (QED) is 0.322. The Morgan fingerprint density at radius 3 is 2.52 bits per heavy atom. The van der Waals surface area contributed by atoms with Gasteiger partial charge in [0.15, 0.2) is 0 Å². The van der Waals surface area contributed by atoms with E-state index < -0.39 is 5.91 Å². The predicted molar refractivity (Wildman–Crippen MR) is 125 cm³/mol. The van der Waals surface area contributed by atoms with Crippen molar-refractivity contribution in [1.82, 2.24) is 0 Å². The Morgan fingerprint density at radius 2 is 1.84 bits per heavy atom. The van der Waals surface area contributed by atoms with Crippen molar-refractivity contribution in [2.24, 2.45) is 0 Å². The van der Waals surface area contributed by atoms with E-state index in [1.165, 1.54) is 11.6 Å². The molecule has 0 aliphatic rings. The van der Waals surface area contributed by atoms with Gasteiger partial charge in [-0.1, -0.05) is 66.5 Å². The highest BCUT2D eigenvalue weighted by molar-refractivity contribution is 6.35. The standard InChI is InChI=1S/C25H20Cl2N2O2/c1-2-17-7-11-22(12-8-17)29-25(30)20(15-28)13-18-5-3-4-6-24(18)31-16-19-9-10-21(26)14-23(19)27/h3-14H,2,16H2,1H3,(H,29,30)/b20-13+. The lowest BCUT2D eigenvalue weighted by atomic mass is 10.1. The van der Waals surface area contributed by atoms with Gasteiger partial charge in [0.1, 0.15) is 24.0 Å². The van der Waals surface area contributed by atoms with Crippen LogP contribution in [0.3, 0.4) is 0 Å². The van der Waals surface area contributed by atoms with Crippen LogP contribution in [0, 0.1) is 11.3 Å². The van der Waals surface area contributed by atoms with E-state index in [1.54, 1.807) is 30.3 Å². The molecule has 0 aromatic heterocycles. The highest BCUT2D eigenvalue weighted by Gasteiger charge is 2.12. The van der Waals surface area contributed by atoms with Crippen molar-refractivity contribution in [3.05, 3.63) is 99.0 Å². The molecule has 0 saturated heterocycles. The number of carbonyl (C=O) groups is 1. The van der Waals surface area contributed by atoms with Crippen LogP contribution in [0.4, 0.5) is 5.69 Å². The highest BCUT2D eigenvalue weighted by Crippen LogP contribution is 2.26. The molecule has 3 aromatic rings. The molecule has 0 bridgehead atoms. The Labute approximate surface area is 191 Å². The maximum Gasteiger partial charge on any atom is 0.266 e. The Kier molecular flexibility index (Phi) is 7.72. The summed E-state index contributed by atoms with van der Waals surface area (Å²) >= 11 is 12.1. The maximum atomic E-state index is 12.6. The number of aryl methyl sites for hydroxylation is 1. The van der Waals surface area contributed by atoms with E-state index in [9.17, 15) is 10.1 Å². The van der Waals surface area contributed by atoms with Crippen LogP contribution in [0.15, 0.2) is 72.3 Å². The summed E-state index contributed by atoms with van der Waals surface area (Å²) in [6.45, 7) is 2.28. The van der Waals surface area contributed by atoms with Crippen LogP contribution in [-0.4, -0.2) is 5.91 Å². The van der Waals surface area contributed by atoms with Crippen LogP contribution in [-0.2, 0) is 17.8 Å². The Balaban J connectivity index is 1.77. The zero-order valence-electron chi connectivity index (χ0n) is 16.9. The summed E-state index contributed by atoms with van der Waals surface area (Å²) in [6.07, 6.45) is 2.42. The SMILES string of the molecule is CCc1ccc(NC(=O)/C(C#N)=C/c2ccccc2OCc2ccc(Cl)cc2Cl)cc1. The van der Waals surface area contributed by atoms with Crippen molar-refractivity contribution < 1.29 is 9.53 Å². The molecule has 6 heteroatoms. The van der Waals surface area contributed by atoms with Gasteiger partial charge in [-0.15, -0.1) is 0 Å². The summed E-state index contributed by atoms with van der Waals surface area (Å²) in [4.78, 5) is 12.6. The molecule has 1 amide bonds. The summed E-state index contributed by atoms with van der Waals surface area (Å²) in [5.41, 5.74) is 3.16. The summed E-state index contributed by atoms with van der Waals surface area (Å²) in [5.74, 6) is 0.0451. The number of anilines is 1. The third kappa shape index (κ3) is 6.11. The first kappa shape index (κ1) is 22.4. The molecule has 0 unspecified atom stereocenters. The molecule has 0 fully saturated rings. The van der Waals surface area contributed by atoms with Crippen molar-refractivity contribution in [3.63, 3.8) is 0 Å². The van der Waals surface area contributed by atoms with Crippen LogP contribution in [0.5, 0.6) is 5.75 Å². The minimum atomic E-state index is -0.484. The van der Waals surface area contributed by atoms with Crippen molar-refractivity contribution in [1.29, 1.82) is 5.26 Å². The molecule has 0 saturated carbocycles. The number of amides is 1. The lowest BCUT2D eigenvalue weighted by Crippen LogP contribution is -2.13. The fraction of sp³-hybridized carbons (Fsp3) is 0.120. The van der Waals surface area contributed by atoms with Gasteiger partial charge in [0.25, 0.3) is 5.91 Å². The molecule has 0 aliphatic carbocycles. The Hall–Kier alpha value is -3.26. The lowest BCUT2D eigenvalue weighted by molar-refractivity contribution is -0.112. The monoisotopic (exact) mass is 450 g/mol. The number of para-hydroxylation sites is 1. The van der Waals surface area contributed by atoms with E-state index in [-0.39, 0.29) is 12.2 Å². The van der Waals surface area contributed by atoms with E-state index in [0.717, 1.165) is 12.0 Å². The van der Waals surface area contributed by atoms with Gasteiger partial charge in [0.05, 0.1) is 0 Å². The van der Waals surface area contributed by atoms with Crippen molar-refractivity contribution in [3.8, 4) is 11.8 Å². The molecule has 0 spiro atoms. The van der Waals surface area contributed by atoms with Gasteiger partial charge in [-0.25, -0.2) is 0 Å². The van der Waals surface area contributed by atoms with Gasteiger partial charge in [0.2, 0.25) is 0 Å². The van der Waals surface area contributed by atoms with E-state index in [1.807, 2.05) is 42.5 Å². The highest BCUT2D eigenvalue weighted by atomic mass is 35.5. The number of nitriles is 1. The second-order valence-electron chi connectivity index (χ2n) is 6.74. The molecule has 0 heterocycles. The van der Waals surface area contributed by atoms with E-state index in [2.05, 4.69) is 12.2 Å². The van der Waals surface area contributed by atoms with Gasteiger partial charge >= 0.3 is 0 Å². The second-order valence-corrected chi connectivity index (χ2v) is 7.58. The van der Waals surface area contributed by atoms with Gasteiger partial charge < -0.3 is 10.1 Å². The van der Waals surface area contributed by atoms with Gasteiger partial charge in [-0.3, -0.25) is 4.79 Å². The van der Waals surface area contributed by atoms with E-state index in [0.29, 0.717) is 27.0 Å². The first-order valence-electron chi connectivity index (χ1n) is 9.68. The zero-order chi connectivity index (χ0) is 22.2. The normalized spacial score (nSPS) is 11.0. The van der Waals surface area contributed by atoms with E-state index >= 15 is 0 Å². The Bertz CT molecular complexity index is 1150. The molecule has 0 atom stereocenters. The third-order valence-electron chi connectivity index (χ3n) is 4.60. The smallest absolute Gasteiger partial charge is 0.266 e. The predicted octanol–water partition coefficient (Wildman–Crippen LogP) is 6.68. The molecular weight excluding hydrogens is 431 g/mol. The van der Waals surface area contributed by atoms with Crippen LogP contribution >= 0.6 is 23.2 Å². The molecule has 0 radical (unpaired) electrons. The van der Waals surface area contributed by atoms with Gasteiger partial charge in [0, 0.05) is 26.9 Å². The zero-order valence-corrected chi connectivity index (χ0v) is 18.4. The lowest BCUT2D eigenvalue weighted by Gasteiger charge is -2.11. The molecular formula is C25H20Cl2N2O2. The number of ether oxygens (including phenoxy) is 1. The minimum Gasteiger partial charge on any atom is -0.488 e. The average molecular weight is 451 g/mol. The van der Waals surface area contributed by atoms with Crippen LogP contribution in [0.1, 0.15) is 23.6 Å². The molecule has 0 aliphatic heterocycles. The van der Waals surface area contributed by atoms with Crippen LogP contribution in [0.2, 0.25) is 10.0 Å². The molecule has 1 N–H and O–H groups in total. The number of nitrogens with zero attached hydrogens (tertiary/aromatic N) is 1. The maximum absolute atomic E-state index is 12.6. The number of halogens is 2. The third-order valence-corrected chi connectivity index (χ3v) is 5.19. The van der Waals surface area contributed by atoms with Crippen molar-refractivity contribution >= 4 is 40.9 Å². The number of hydrogen-bond acceptors (Lipinski definition) is 3. The number of carbonyl (C=O) groups excluding carboxylic acids is 1. The Morgan fingerprint density at radius 1 is 1.10 bits per heavy atom. The van der Waals surface area contributed by atoms with Crippen LogP contribution in [0.25, 0.3) is 6.08 Å². The van der Waals surface area contributed by atoms with Gasteiger partial charge in [-0.05, 0) is 48.4 Å². The second kappa shape index (κ2) is 10.7. The number of benzene rings is 3. The van der Waals surface area contributed by atoms with Gasteiger partial charge in [-0.2, -0.15) is 5.26 Å². The fourth-order valence-corrected chi connectivity index (χ4v) is 3.31. The molecule has 3 rings (SSSR count). The van der Waals surface area contributed by atoms with E-state index in [4.69, 9.17) is 27.9 Å². The summed E-state index contributed by atoms with van der Waals surface area (Å²) in [6, 6.07) is 21.8. The molecule has 3 aromatic carbocycles. The van der Waals surface area contributed by atoms with Crippen molar-refractivity contribution in [2.75, 3.05) is 5.32 Å². The summed E-state index contributed by atoms with van der Waals surface area (Å²) in [7, 11) is 0. The number of nitrogens with one attached hydrogen (secondary N) is 1. The summed E-state index contributed by atoms with van der Waals surface area (Å²) < 4.78 is 5.90. The number of hydrogen-bond donors (Lipinski definition) is 1. The average Bonchev–Trinajstić information content (AvgIpc) is 2.78. The largest absolute Gasteiger partial charge is 0.488 e. The first-order valence-corrected chi connectivity index (χ1v) is 10.4. The number of rotatable bonds is 7. The molecule has 156 valence electrons. The first-order chi connectivity index (χ1) is 15.0. The van der Waals surface area contributed by atoms with Crippen molar-refractivity contribution in [2.45, 2.75) is 20.0 Å². The minimum absolute atomic E-state index is 0.0276. The molecule has 4 nitrogen and oxygen atoms in total. The fourth-order valence-electron chi connectivity index (χ4n) is 2.85. The topological polar surface area (TPSA) is 62.1 Å². The summed E-state index contributed by atoms with van der Waals surface area (Å²) in [5, 5.41) is 13.3. The van der Waals surface area contributed by atoms with Crippen LogP contribution < -0.4 is 10.1 Å².